The fraction of sp³-hybridized carbons (Fsp3) is 0.174. The van der Waals surface area contributed by atoms with Gasteiger partial charge in [-0.05, 0) is 86.0 Å². The highest BCUT2D eigenvalue weighted by atomic mass is 32.2. The maximum atomic E-state index is 12.6. The normalized spacial score (nSPS) is 11.0. The van der Waals surface area contributed by atoms with E-state index in [0.29, 0.717) is 17.1 Å². The first-order valence-corrected chi connectivity index (χ1v) is 10.9. The van der Waals surface area contributed by atoms with Crippen molar-refractivity contribution in [3.05, 3.63) is 83.4 Å². The lowest BCUT2D eigenvalue weighted by atomic mass is 10.1. The predicted octanol–water partition coefficient (Wildman–Crippen LogP) is 4.43. The number of carbonyl (C=O) groups is 1. The summed E-state index contributed by atoms with van der Waals surface area (Å²) in [6.45, 7) is 5.69. The molecule has 0 aliphatic carbocycles. The molecule has 156 valence electrons. The molecule has 0 radical (unpaired) electrons. The average molecular weight is 425 g/mol. The fourth-order valence-corrected chi connectivity index (χ4v) is 3.84. The monoisotopic (exact) mass is 424 g/mol. The molecule has 7 heteroatoms. The minimum atomic E-state index is -3.73. The van der Waals surface area contributed by atoms with Gasteiger partial charge in [0, 0.05) is 11.4 Å². The molecule has 0 aliphatic heterocycles. The Kier molecular flexibility index (Phi) is 6.42. The third-order valence-electron chi connectivity index (χ3n) is 4.57. The highest BCUT2D eigenvalue weighted by Crippen LogP contribution is 2.20. The number of benzene rings is 3. The molecule has 0 bridgehead atoms. The molecule has 1 amide bonds. The molecule has 0 spiro atoms. The number of hydrogen-bond acceptors (Lipinski definition) is 4. The molecule has 0 aliphatic rings. The van der Waals surface area contributed by atoms with Crippen LogP contribution in [0.15, 0.2) is 71.6 Å². The Bertz CT molecular complexity index is 1160. The van der Waals surface area contributed by atoms with E-state index in [1.165, 1.54) is 12.1 Å². The largest absolute Gasteiger partial charge is 0.484 e. The van der Waals surface area contributed by atoms with Gasteiger partial charge in [-0.15, -0.1) is 0 Å². The van der Waals surface area contributed by atoms with E-state index in [4.69, 9.17) is 4.74 Å². The van der Waals surface area contributed by atoms with Crippen molar-refractivity contribution in [1.82, 2.24) is 0 Å². The van der Waals surface area contributed by atoms with Crippen LogP contribution in [0.4, 0.5) is 11.4 Å². The van der Waals surface area contributed by atoms with Gasteiger partial charge in [0.1, 0.15) is 5.75 Å². The molecule has 0 unspecified atom stereocenters. The maximum Gasteiger partial charge on any atom is 0.262 e. The quantitative estimate of drug-likeness (QED) is 0.588. The number of nitrogens with one attached hydrogen (secondary N) is 2. The van der Waals surface area contributed by atoms with Crippen LogP contribution in [0.5, 0.6) is 5.75 Å². The third-order valence-corrected chi connectivity index (χ3v) is 5.96. The van der Waals surface area contributed by atoms with Gasteiger partial charge in [-0.1, -0.05) is 18.2 Å². The van der Waals surface area contributed by atoms with Crippen molar-refractivity contribution in [2.45, 2.75) is 25.7 Å². The Labute approximate surface area is 177 Å². The van der Waals surface area contributed by atoms with Crippen LogP contribution in [0, 0.1) is 20.8 Å². The number of ether oxygens (including phenoxy) is 1. The number of amides is 1. The van der Waals surface area contributed by atoms with E-state index in [2.05, 4.69) is 10.0 Å². The molecule has 3 aromatic rings. The van der Waals surface area contributed by atoms with Crippen LogP contribution in [0.3, 0.4) is 0 Å². The van der Waals surface area contributed by atoms with Crippen LogP contribution in [0.25, 0.3) is 0 Å². The smallest absolute Gasteiger partial charge is 0.262 e. The van der Waals surface area contributed by atoms with E-state index < -0.39 is 10.0 Å². The summed E-state index contributed by atoms with van der Waals surface area (Å²) < 4.78 is 33.2. The third kappa shape index (κ3) is 5.61. The van der Waals surface area contributed by atoms with Gasteiger partial charge in [0.25, 0.3) is 15.9 Å². The van der Waals surface area contributed by atoms with Crippen LogP contribution >= 0.6 is 0 Å². The first kappa shape index (κ1) is 21.4. The lowest BCUT2D eigenvalue weighted by molar-refractivity contribution is -0.118. The SMILES string of the molecule is Cc1cccc(OCC(=O)Nc2ccc(S(=O)(=O)Nc3ccc(C)c(C)c3)cc2)c1. The molecule has 3 rings (SSSR count). The summed E-state index contributed by atoms with van der Waals surface area (Å²) in [5.74, 6) is 0.282. The van der Waals surface area contributed by atoms with E-state index >= 15 is 0 Å². The van der Waals surface area contributed by atoms with E-state index in [9.17, 15) is 13.2 Å². The first-order valence-electron chi connectivity index (χ1n) is 9.42. The van der Waals surface area contributed by atoms with Gasteiger partial charge >= 0.3 is 0 Å². The van der Waals surface area contributed by atoms with Crippen LogP contribution in [-0.2, 0) is 14.8 Å². The Morgan fingerprint density at radius 2 is 1.57 bits per heavy atom. The van der Waals surface area contributed by atoms with E-state index in [-0.39, 0.29) is 17.4 Å². The molecule has 0 aromatic heterocycles. The molecule has 0 saturated carbocycles. The number of hydrogen-bond donors (Lipinski definition) is 2. The summed E-state index contributed by atoms with van der Waals surface area (Å²) >= 11 is 0. The number of aryl methyl sites for hydroxylation is 3. The van der Waals surface area contributed by atoms with Gasteiger partial charge in [-0.3, -0.25) is 9.52 Å². The lowest BCUT2D eigenvalue weighted by Crippen LogP contribution is -2.20. The molecule has 3 aromatic carbocycles. The maximum absolute atomic E-state index is 12.6. The number of rotatable bonds is 7. The minimum absolute atomic E-state index is 0.106. The summed E-state index contributed by atoms with van der Waals surface area (Å²) in [5, 5.41) is 2.69. The lowest BCUT2D eigenvalue weighted by Gasteiger charge is -2.11. The standard InChI is InChI=1S/C23H24N2O4S/c1-16-5-4-6-21(13-16)29-15-23(26)24-19-9-11-22(12-10-19)30(27,28)25-20-8-7-17(2)18(3)14-20/h4-14,25H,15H2,1-3H3,(H,24,26). The zero-order valence-corrected chi connectivity index (χ0v) is 17.9. The Morgan fingerprint density at radius 1 is 0.867 bits per heavy atom. The van der Waals surface area contributed by atoms with Gasteiger partial charge in [0.15, 0.2) is 6.61 Å². The highest BCUT2D eigenvalue weighted by molar-refractivity contribution is 7.92. The van der Waals surface area contributed by atoms with Crippen molar-refractivity contribution in [3.8, 4) is 5.75 Å². The van der Waals surface area contributed by atoms with Gasteiger partial charge in [-0.25, -0.2) is 8.42 Å². The summed E-state index contributed by atoms with van der Waals surface area (Å²) in [6.07, 6.45) is 0. The van der Waals surface area contributed by atoms with Crippen molar-refractivity contribution in [1.29, 1.82) is 0 Å². The summed E-state index contributed by atoms with van der Waals surface area (Å²) in [6, 6.07) is 18.8. The van der Waals surface area contributed by atoms with Crippen molar-refractivity contribution in [3.63, 3.8) is 0 Å². The molecule has 0 heterocycles. The molecule has 6 nitrogen and oxygen atoms in total. The molecule has 0 fully saturated rings. The molecular formula is C23H24N2O4S. The minimum Gasteiger partial charge on any atom is -0.484 e. The second kappa shape index (κ2) is 9.00. The molecule has 0 atom stereocenters. The molecule has 30 heavy (non-hydrogen) atoms. The van der Waals surface area contributed by atoms with Gasteiger partial charge in [0.2, 0.25) is 0 Å². The Hall–Kier alpha value is -3.32. The predicted molar refractivity (Wildman–Crippen MR) is 118 cm³/mol. The second-order valence-electron chi connectivity index (χ2n) is 7.08. The average Bonchev–Trinajstić information content (AvgIpc) is 2.69. The van der Waals surface area contributed by atoms with Gasteiger partial charge < -0.3 is 10.1 Å². The number of sulfonamides is 1. The van der Waals surface area contributed by atoms with E-state index in [1.54, 1.807) is 30.3 Å². The number of carbonyl (C=O) groups excluding carboxylic acids is 1. The first-order chi connectivity index (χ1) is 14.2. The molecule has 2 N–H and O–H groups in total. The van der Waals surface area contributed by atoms with Crippen LogP contribution < -0.4 is 14.8 Å². The van der Waals surface area contributed by atoms with Crippen molar-refractivity contribution in [2.75, 3.05) is 16.6 Å². The van der Waals surface area contributed by atoms with Crippen molar-refractivity contribution < 1.29 is 17.9 Å². The fourth-order valence-electron chi connectivity index (χ4n) is 2.79. The van der Waals surface area contributed by atoms with Gasteiger partial charge in [-0.2, -0.15) is 0 Å². The van der Waals surface area contributed by atoms with Crippen LogP contribution in [0.2, 0.25) is 0 Å². The molecule has 0 saturated heterocycles. The molecular weight excluding hydrogens is 400 g/mol. The summed E-state index contributed by atoms with van der Waals surface area (Å²) in [7, 11) is -3.73. The zero-order valence-electron chi connectivity index (χ0n) is 17.1. The Balaban J connectivity index is 1.60. The van der Waals surface area contributed by atoms with Crippen molar-refractivity contribution >= 4 is 27.3 Å². The number of anilines is 2. The topological polar surface area (TPSA) is 84.5 Å². The summed E-state index contributed by atoms with van der Waals surface area (Å²) in [4.78, 5) is 12.2. The second-order valence-corrected chi connectivity index (χ2v) is 8.76. The van der Waals surface area contributed by atoms with E-state index in [0.717, 1.165) is 16.7 Å². The zero-order chi connectivity index (χ0) is 21.7. The van der Waals surface area contributed by atoms with Crippen LogP contribution in [-0.4, -0.2) is 20.9 Å². The van der Waals surface area contributed by atoms with Crippen molar-refractivity contribution in [2.24, 2.45) is 0 Å². The highest BCUT2D eigenvalue weighted by Gasteiger charge is 2.15. The van der Waals surface area contributed by atoms with Gasteiger partial charge in [0.05, 0.1) is 4.90 Å². The summed E-state index contributed by atoms with van der Waals surface area (Å²) in [5.41, 5.74) is 4.12. The van der Waals surface area contributed by atoms with E-state index in [1.807, 2.05) is 45.0 Å². The Morgan fingerprint density at radius 3 is 2.23 bits per heavy atom. The van der Waals surface area contributed by atoms with Crippen LogP contribution in [0.1, 0.15) is 16.7 Å².